The van der Waals surface area contributed by atoms with Crippen molar-refractivity contribution in [3.05, 3.63) is 29.6 Å². The SMILES string of the molecule is COCCN(C)CCNC(=O)c1cc(F)ccc1O. The van der Waals surface area contributed by atoms with Gasteiger partial charge in [-0.2, -0.15) is 0 Å². The first kappa shape index (κ1) is 15.4. The van der Waals surface area contributed by atoms with Crippen LogP contribution >= 0.6 is 0 Å². The minimum Gasteiger partial charge on any atom is -0.507 e. The lowest BCUT2D eigenvalue weighted by atomic mass is 10.2. The Hall–Kier alpha value is -1.66. The van der Waals surface area contributed by atoms with E-state index in [0.29, 0.717) is 19.7 Å². The molecule has 1 amide bonds. The molecule has 1 aromatic rings. The Bertz CT molecular complexity index is 426. The maximum atomic E-state index is 13.0. The standard InChI is InChI=1S/C13H19FN2O3/c1-16(7-8-19-2)6-5-15-13(18)11-9-10(14)3-4-12(11)17/h3-4,9,17H,5-8H2,1-2H3,(H,15,18). The number of ether oxygens (including phenoxy) is 1. The second kappa shape index (κ2) is 7.70. The van der Waals surface area contributed by atoms with Crippen molar-refractivity contribution in [2.24, 2.45) is 0 Å². The van der Waals surface area contributed by atoms with E-state index in [4.69, 9.17) is 4.74 Å². The molecule has 0 aliphatic heterocycles. The van der Waals surface area contributed by atoms with Gasteiger partial charge in [-0.1, -0.05) is 0 Å². The molecule has 1 rings (SSSR count). The van der Waals surface area contributed by atoms with Gasteiger partial charge in [0.15, 0.2) is 0 Å². The molecule has 0 fully saturated rings. The molecule has 0 heterocycles. The summed E-state index contributed by atoms with van der Waals surface area (Å²) in [4.78, 5) is 13.7. The van der Waals surface area contributed by atoms with Crippen molar-refractivity contribution in [2.45, 2.75) is 0 Å². The first-order valence-corrected chi connectivity index (χ1v) is 5.98. The lowest BCUT2D eigenvalue weighted by Gasteiger charge is -2.16. The summed E-state index contributed by atoms with van der Waals surface area (Å²) in [5.74, 6) is -1.27. The zero-order chi connectivity index (χ0) is 14.3. The van der Waals surface area contributed by atoms with Gasteiger partial charge in [-0.25, -0.2) is 4.39 Å². The van der Waals surface area contributed by atoms with Crippen LogP contribution < -0.4 is 5.32 Å². The highest BCUT2D eigenvalue weighted by Crippen LogP contribution is 2.17. The number of amides is 1. The quantitative estimate of drug-likeness (QED) is 0.770. The van der Waals surface area contributed by atoms with Crippen LogP contribution in [0, 0.1) is 5.82 Å². The molecule has 19 heavy (non-hydrogen) atoms. The number of hydrogen-bond acceptors (Lipinski definition) is 4. The molecular weight excluding hydrogens is 251 g/mol. The number of nitrogens with zero attached hydrogens (tertiary/aromatic N) is 1. The normalized spacial score (nSPS) is 10.7. The van der Waals surface area contributed by atoms with E-state index < -0.39 is 11.7 Å². The van der Waals surface area contributed by atoms with Gasteiger partial charge in [-0.3, -0.25) is 4.79 Å². The Morgan fingerprint density at radius 1 is 1.47 bits per heavy atom. The first-order chi connectivity index (χ1) is 9.04. The van der Waals surface area contributed by atoms with Crippen molar-refractivity contribution < 1.29 is 19.0 Å². The first-order valence-electron chi connectivity index (χ1n) is 5.98. The highest BCUT2D eigenvalue weighted by molar-refractivity contribution is 5.96. The number of phenolic OH excluding ortho intramolecular Hbond substituents is 1. The molecule has 0 aliphatic rings. The molecule has 0 spiro atoms. The number of phenols is 1. The molecule has 0 aliphatic carbocycles. The molecule has 0 radical (unpaired) electrons. The zero-order valence-electron chi connectivity index (χ0n) is 11.1. The van der Waals surface area contributed by atoms with Gasteiger partial charge in [0.05, 0.1) is 12.2 Å². The number of benzene rings is 1. The maximum Gasteiger partial charge on any atom is 0.255 e. The fraction of sp³-hybridized carbons (Fsp3) is 0.462. The van der Waals surface area contributed by atoms with Gasteiger partial charge < -0.3 is 20.1 Å². The molecule has 0 saturated carbocycles. The lowest BCUT2D eigenvalue weighted by molar-refractivity contribution is 0.0944. The van der Waals surface area contributed by atoms with Crippen LogP contribution in [0.1, 0.15) is 10.4 Å². The summed E-state index contributed by atoms with van der Waals surface area (Å²) >= 11 is 0. The third kappa shape index (κ3) is 5.23. The van der Waals surface area contributed by atoms with Gasteiger partial charge in [0.2, 0.25) is 0 Å². The average molecular weight is 270 g/mol. The minimum atomic E-state index is -0.555. The molecule has 0 saturated heterocycles. The number of aromatic hydroxyl groups is 1. The Morgan fingerprint density at radius 3 is 2.89 bits per heavy atom. The number of nitrogens with one attached hydrogen (secondary N) is 1. The van der Waals surface area contributed by atoms with Crippen molar-refractivity contribution in [3.8, 4) is 5.75 Å². The molecular formula is C13H19FN2O3. The molecule has 2 N–H and O–H groups in total. The fourth-order valence-electron chi connectivity index (χ4n) is 1.50. The monoisotopic (exact) mass is 270 g/mol. The molecule has 0 atom stereocenters. The van der Waals surface area contributed by atoms with E-state index in [1.54, 1.807) is 7.11 Å². The number of carbonyl (C=O) groups excluding carboxylic acids is 1. The van der Waals surface area contributed by atoms with Gasteiger partial charge in [-0.05, 0) is 25.2 Å². The summed E-state index contributed by atoms with van der Waals surface area (Å²) in [6, 6.07) is 3.28. The Morgan fingerprint density at radius 2 is 2.21 bits per heavy atom. The molecule has 5 nitrogen and oxygen atoms in total. The zero-order valence-corrected chi connectivity index (χ0v) is 11.1. The second-order valence-corrected chi connectivity index (χ2v) is 4.21. The summed E-state index contributed by atoms with van der Waals surface area (Å²) < 4.78 is 17.9. The van der Waals surface area contributed by atoms with Crippen LogP contribution in [-0.4, -0.2) is 56.3 Å². The van der Waals surface area contributed by atoms with Crippen molar-refractivity contribution in [1.82, 2.24) is 10.2 Å². The van der Waals surface area contributed by atoms with E-state index in [9.17, 15) is 14.3 Å². The van der Waals surface area contributed by atoms with E-state index in [1.165, 1.54) is 0 Å². The largest absolute Gasteiger partial charge is 0.507 e. The summed E-state index contributed by atoms with van der Waals surface area (Å²) in [7, 11) is 3.53. The van der Waals surface area contributed by atoms with Gasteiger partial charge in [0.25, 0.3) is 5.91 Å². The highest BCUT2D eigenvalue weighted by atomic mass is 19.1. The van der Waals surface area contributed by atoms with Crippen molar-refractivity contribution in [3.63, 3.8) is 0 Å². The Labute approximate surface area is 112 Å². The molecule has 0 aromatic heterocycles. The van der Waals surface area contributed by atoms with Crippen LogP contribution in [0.15, 0.2) is 18.2 Å². The predicted octanol–water partition coefficient (Wildman–Crippen LogP) is 0.839. The third-order valence-corrected chi connectivity index (χ3v) is 2.66. The maximum absolute atomic E-state index is 13.0. The predicted molar refractivity (Wildman–Crippen MR) is 69.8 cm³/mol. The van der Waals surface area contributed by atoms with E-state index in [-0.39, 0.29) is 11.3 Å². The topological polar surface area (TPSA) is 61.8 Å². The van der Waals surface area contributed by atoms with Gasteiger partial charge in [0.1, 0.15) is 11.6 Å². The molecule has 106 valence electrons. The number of halogens is 1. The van der Waals surface area contributed by atoms with Gasteiger partial charge >= 0.3 is 0 Å². The Balaban J connectivity index is 2.41. The van der Waals surface area contributed by atoms with Crippen LogP contribution in [0.25, 0.3) is 0 Å². The summed E-state index contributed by atoms with van der Waals surface area (Å²) in [5, 5.41) is 12.1. The second-order valence-electron chi connectivity index (χ2n) is 4.21. The summed E-state index contributed by atoms with van der Waals surface area (Å²) in [6.07, 6.45) is 0. The fourth-order valence-corrected chi connectivity index (χ4v) is 1.50. The van der Waals surface area contributed by atoms with E-state index >= 15 is 0 Å². The van der Waals surface area contributed by atoms with Crippen molar-refractivity contribution in [1.29, 1.82) is 0 Å². The lowest BCUT2D eigenvalue weighted by Crippen LogP contribution is -2.34. The number of hydrogen-bond donors (Lipinski definition) is 2. The smallest absolute Gasteiger partial charge is 0.255 e. The summed E-state index contributed by atoms with van der Waals surface area (Å²) in [6.45, 7) is 2.44. The average Bonchev–Trinajstić information content (AvgIpc) is 2.39. The third-order valence-electron chi connectivity index (χ3n) is 2.66. The van der Waals surface area contributed by atoms with E-state index in [0.717, 1.165) is 24.7 Å². The van der Waals surface area contributed by atoms with Crippen LogP contribution in [0.2, 0.25) is 0 Å². The van der Waals surface area contributed by atoms with E-state index in [2.05, 4.69) is 5.32 Å². The van der Waals surface area contributed by atoms with E-state index in [1.807, 2.05) is 11.9 Å². The molecule has 0 unspecified atom stereocenters. The molecule has 0 bridgehead atoms. The van der Waals surface area contributed by atoms with Crippen LogP contribution in [0.3, 0.4) is 0 Å². The number of rotatable bonds is 7. The highest BCUT2D eigenvalue weighted by Gasteiger charge is 2.11. The van der Waals surface area contributed by atoms with Crippen molar-refractivity contribution in [2.75, 3.05) is 40.4 Å². The number of methoxy groups -OCH3 is 1. The van der Waals surface area contributed by atoms with Crippen LogP contribution in [0.5, 0.6) is 5.75 Å². The number of carbonyl (C=O) groups is 1. The number of likely N-dealkylation sites (N-methyl/N-ethyl adjacent to an activating group) is 1. The van der Waals surface area contributed by atoms with Crippen LogP contribution in [-0.2, 0) is 4.74 Å². The molecule has 6 heteroatoms. The van der Waals surface area contributed by atoms with Gasteiger partial charge in [0, 0.05) is 26.7 Å². The molecule has 1 aromatic carbocycles. The Kier molecular flexibility index (Phi) is 6.24. The minimum absolute atomic E-state index is 0.0560. The van der Waals surface area contributed by atoms with Gasteiger partial charge in [-0.15, -0.1) is 0 Å². The van der Waals surface area contributed by atoms with Crippen LogP contribution in [0.4, 0.5) is 4.39 Å². The summed E-state index contributed by atoms with van der Waals surface area (Å²) in [5.41, 5.74) is -0.0560. The van der Waals surface area contributed by atoms with Crippen molar-refractivity contribution >= 4 is 5.91 Å².